The van der Waals surface area contributed by atoms with Gasteiger partial charge in [0, 0.05) is 11.6 Å². The maximum absolute atomic E-state index is 10.9. The first kappa shape index (κ1) is 11.0. The highest BCUT2D eigenvalue weighted by Gasteiger charge is 1.96. The lowest BCUT2D eigenvalue weighted by Gasteiger charge is -1.79. The number of rotatable bonds is 0. The predicted octanol–water partition coefficient (Wildman–Crippen LogP) is 1.84. The van der Waals surface area contributed by atoms with Crippen molar-refractivity contribution in [3.05, 3.63) is 46.1 Å². The Labute approximate surface area is 98.1 Å². The Hall–Kier alpha value is -1.53. The number of aromatic nitrogens is 1. The largest absolute Gasteiger partial charge is 0.277 e. The van der Waals surface area contributed by atoms with Crippen molar-refractivity contribution in [3.63, 3.8) is 0 Å². The SMILES string of the molecule is O=S1C=CC=N1.O=c1[nH]sc2ccccc12. The molecule has 16 heavy (non-hydrogen) atoms. The van der Waals surface area contributed by atoms with Gasteiger partial charge in [-0.1, -0.05) is 23.7 Å². The topological polar surface area (TPSA) is 62.3 Å². The number of H-pyrrole nitrogens is 1. The van der Waals surface area contributed by atoms with Gasteiger partial charge < -0.3 is 0 Å². The van der Waals surface area contributed by atoms with Gasteiger partial charge in [0.15, 0.2) is 11.0 Å². The minimum atomic E-state index is -1.03. The molecule has 0 fully saturated rings. The molecular formula is C10H8N2O2S2. The standard InChI is InChI=1S/C7H5NOS.C3H3NOS/c9-7-5-3-1-2-4-6(5)10-8-7;5-6-3-1-2-4-6/h1-4H,(H,8,9);1-3H. The molecule has 0 bridgehead atoms. The third-order valence-corrected chi connectivity index (χ3v) is 3.41. The molecular weight excluding hydrogens is 244 g/mol. The van der Waals surface area contributed by atoms with Gasteiger partial charge in [-0.2, -0.15) is 4.40 Å². The van der Waals surface area contributed by atoms with Crippen LogP contribution in [0.5, 0.6) is 0 Å². The average Bonchev–Trinajstić information content (AvgIpc) is 2.91. The van der Waals surface area contributed by atoms with E-state index < -0.39 is 11.0 Å². The number of hydrogen-bond acceptors (Lipinski definition) is 3. The molecule has 82 valence electrons. The fourth-order valence-corrected chi connectivity index (χ4v) is 2.33. The Morgan fingerprint density at radius 1 is 1.31 bits per heavy atom. The van der Waals surface area contributed by atoms with Crippen LogP contribution < -0.4 is 5.56 Å². The minimum Gasteiger partial charge on any atom is -0.277 e. The summed E-state index contributed by atoms with van der Waals surface area (Å²) in [6.07, 6.45) is 3.19. The minimum absolute atomic E-state index is 0.0144. The van der Waals surface area contributed by atoms with Crippen LogP contribution in [-0.2, 0) is 11.0 Å². The Kier molecular flexibility index (Phi) is 3.43. The second-order valence-corrected chi connectivity index (χ2v) is 4.77. The lowest BCUT2D eigenvalue weighted by molar-refractivity contribution is 0.690. The maximum atomic E-state index is 10.9. The molecule has 1 aromatic carbocycles. The Balaban J connectivity index is 0.000000138. The van der Waals surface area contributed by atoms with Gasteiger partial charge in [0.1, 0.15) is 0 Å². The molecule has 3 rings (SSSR count). The van der Waals surface area contributed by atoms with Gasteiger partial charge in [0.25, 0.3) is 5.56 Å². The van der Waals surface area contributed by atoms with Gasteiger partial charge >= 0.3 is 0 Å². The summed E-state index contributed by atoms with van der Waals surface area (Å²) >= 11 is 1.38. The molecule has 1 aliphatic rings. The van der Waals surface area contributed by atoms with E-state index in [0.29, 0.717) is 0 Å². The van der Waals surface area contributed by atoms with Crippen LogP contribution >= 0.6 is 11.5 Å². The number of aromatic amines is 1. The first-order valence-electron chi connectivity index (χ1n) is 4.45. The number of allylic oxidation sites excluding steroid dienone is 1. The van der Waals surface area contributed by atoms with Crippen molar-refractivity contribution >= 4 is 38.8 Å². The van der Waals surface area contributed by atoms with Gasteiger partial charge in [-0.25, -0.2) is 4.21 Å². The zero-order valence-corrected chi connectivity index (χ0v) is 9.75. The van der Waals surface area contributed by atoms with Gasteiger partial charge in [0.2, 0.25) is 0 Å². The Morgan fingerprint density at radius 3 is 2.69 bits per heavy atom. The average molecular weight is 252 g/mol. The normalized spacial score (nSPS) is 17.4. The highest BCUT2D eigenvalue weighted by Crippen LogP contribution is 2.11. The second kappa shape index (κ2) is 5.00. The van der Waals surface area contributed by atoms with Crippen molar-refractivity contribution in [2.24, 2.45) is 4.40 Å². The van der Waals surface area contributed by atoms with Gasteiger partial charge in [-0.15, -0.1) is 0 Å². The molecule has 2 heterocycles. The Morgan fingerprint density at radius 2 is 2.12 bits per heavy atom. The first-order valence-corrected chi connectivity index (χ1v) is 6.44. The number of fused-ring (bicyclic) bond motifs is 1. The van der Waals surface area contributed by atoms with Crippen molar-refractivity contribution in [3.8, 4) is 0 Å². The van der Waals surface area contributed by atoms with Crippen LogP contribution in [0, 0.1) is 0 Å². The zero-order valence-electron chi connectivity index (χ0n) is 8.12. The first-order chi connectivity index (χ1) is 7.77. The summed E-state index contributed by atoms with van der Waals surface area (Å²) in [7, 11) is -1.03. The third-order valence-electron chi connectivity index (χ3n) is 1.83. The fourth-order valence-electron chi connectivity index (χ4n) is 1.13. The lowest BCUT2D eigenvalue weighted by atomic mass is 10.3. The van der Waals surface area contributed by atoms with Crippen molar-refractivity contribution < 1.29 is 4.21 Å². The van der Waals surface area contributed by atoms with Crippen LogP contribution in [0.3, 0.4) is 0 Å². The molecule has 0 spiro atoms. The Bertz CT molecular complexity index is 611. The molecule has 0 saturated heterocycles. The highest BCUT2D eigenvalue weighted by molar-refractivity contribution is 7.87. The molecule has 2 aromatic rings. The quantitative estimate of drug-likeness (QED) is 0.777. The molecule has 0 aliphatic carbocycles. The van der Waals surface area contributed by atoms with Gasteiger partial charge in [-0.3, -0.25) is 9.17 Å². The van der Waals surface area contributed by atoms with E-state index in [-0.39, 0.29) is 5.56 Å². The van der Waals surface area contributed by atoms with E-state index in [1.54, 1.807) is 6.08 Å². The summed E-state index contributed by atoms with van der Waals surface area (Å²) < 4.78 is 17.2. The summed E-state index contributed by atoms with van der Waals surface area (Å²) in [4.78, 5) is 10.9. The zero-order chi connectivity index (χ0) is 11.4. The van der Waals surface area contributed by atoms with Crippen LogP contribution in [0.25, 0.3) is 10.1 Å². The van der Waals surface area contributed by atoms with Crippen LogP contribution in [-0.4, -0.2) is 14.8 Å². The maximum Gasteiger partial charge on any atom is 0.265 e. The van der Waals surface area contributed by atoms with Crippen molar-refractivity contribution in [1.82, 2.24) is 4.37 Å². The highest BCUT2D eigenvalue weighted by atomic mass is 32.2. The molecule has 1 unspecified atom stereocenters. The summed E-state index contributed by atoms with van der Waals surface area (Å²) in [6, 6.07) is 7.54. The number of hydrogen-bond donors (Lipinski definition) is 1. The van der Waals surface area contributed by atoms with E-state index in [4.69, 9.17) is 0 Å². The van der Waals surface area contributed by atoms with Crippen LogP contribution in [0.4, 0.5) is 0 Å². The van der Waals surface area contributed by atoms with Crippen molar-refractivity contribution in [1.29, 1.82) is 0 Å². The fraction of sp³-hybridized carbons (Fsp3) is 0. The molecule has 4 nitrogen and oxygen atoms in total. The lowest BCUT2D eigenvalue weighted by Crippen LogP contribution is -1.94. The summed E-state index contributed by atoms with van der Waals surface area (Å²) in [6.45, 7) is 0. The molecule has 1 aromatic heterocycles. The predicted molar refractivity (Wildman–Crippen MR) is 68.2 cm³/mol. The molecule has 1 atom stereocenters. The van der Waals surface area contributed by atoms with E-state index in [2.05, 4.69) is 8.77 Å². The smallest absolute Gasteiger partial charge is 0.265 e. The molecule has 0 saturated carbocycles. The van der Waals surface area contributed by atoms with E-state index in [1.807, 2.05) is 24.3 Å². The van der Waals surface area contributed by atoms with Crippen molar-refractivity contribution in [2.45, 2.75) is 0 Å². The van der Waals surface area contributed by atoms with E-state index in [1.165, 1.54) is 23.2 Å². The summed E-state index contributed by atoms with van der Waals surface area (Å²) in [5, 5.41) is 2.31. The van der Waals surface area contributed by atoms with E-state index in [0.717, 1.165) is 10.1 Å². The number of nitrogens with one attached hydrogen (secondary N) is 1. The van der Waals surface area contributed by atoms with Crippen LogP contribution in [0.2, 0.25) is 0 Å². The second-order valence-electron chi connectivity index (χ2n) is 2.89. The number of benzene rings is 1. The number of nitrogens with zero attached hydrogens (tertiary/aromatic N) is 1. The van der Waals surface area contributed by atoms with E-state index in [9.17, 15) is 9.00 Å². The van der Waals surface area contributed by atoms with Crippen LogP contribution in [0.1, 0.15) is 0 Å². The van der Waals surface area contributed by atoms with Gasteiger partial charge in [-0.05, 0) is 18.2 Å². The molecule has 1 N–H and O–H groups in total. The summed E-state index contributed by atoms with van der Waals surface area (Å²) in [5.74, 6) is 0. The van der Waals surface area contributed by atoms with E-state index >= 15 is 0 Å². The van der Waals surface area contributed by atoms with Crippen molar-refractivity contribution in [2.75, 3.05) is 0 Å². The monoisotopic (exact) mass is 252 g/mol. The molecule has 0 amide bonds. The summed E-state index contributed by atoms with van der Waals surface area (Å²) in [5.41, 5.74) is 0.0144. The molecule has 6 heteroatoms. The van der Waals surface area contributed by atoms with Crippen LogP contribution in [0.15, 0.2) is 44.9 Å². The molecule has 1 aliphatic heterocycles. The third kappa shape index (κ3) is 2.53. The van der Waals surface area contributed by atoms with Gasteiger partial charge in [0.05, 0.1) is 10.1 Å². The molecule has 0 radical (unpaired) electrons.